The summed E-state index contributed by atoms with van der Waals surface area (Å²) in [7, 11) is 0. The van der Waals surface area contributed by atoms with Crippen molar-refractivity contribution in [2.75, 3.05) is 0 Å². The van der Waals surface area contributed by atoms with Crippen LogP contribution >= 0.6 is 0 Å². The standard InChI is InChI=1S/C10H9NO/c11-8-4-7-10(12)9-5-2-1-3-6-9/h1-7,10,12H/b7-4+/t10-/m0/s1. The second kappa shape index (κ2) is 4.32. The average molecular weight is 159 g/mol. The molecule has 0 radical (unpaired) electrons. The van der Waals surface area contributed by atoms with E-state index in [1.54, 1.807) is 0 Å². The van der Waals surface area contributed by atoms with Crippen LogP contribution in [0, 0.1) is 11.3 Å². The maximum Gasteiger partial charge on any atom is 0.0981 e. The van der Waals surface area contributed by atoms with Gasteiger partial charge in [0.1, 0.15) is 0 Å². The van der Waals surface area contributed by atoms with E-state index in [1.807, 2.05) is 36.4 Å². The molecule has 60 valence electrons. The third-order valence-electron chi connectivity index (χ3n) is 1.49. The monoisotopic (exact) mass is 159 g/mol. The highest BCUT2D eigenvalue weighted by Gasteiger charge is 1.99. The molecule has 1 rings (SSSR count). The van der Waals surface area contributed by atoms with Crippen LogP contribution in [0.1, 0.15) is 11.7 Å². The normalized spacial score (nSPS) is 12.7. The molecule has 0 heterocycles. The summed E-state index contributed by atoms with van der Waals surface area (Å²) < 4.78 is 0. The molecule has 0 aromatic heterocycles. The Kier molecular flexibility index (Phi) is 3.06. The van der Waals surface area contributed by atoms with Gasteiger partial charge in [0.25, 0.3) is 0 Å². The Morgan fingerprint density at radius 2 is 2.00 bits per heavy atom. The van der Waals surface area contributed by atoms with Crippen LogP contribution in [-0.4, -0.2) is 5.11 Å². The SMILES string of the molecule is N#C/C=C/[C@H](O)c1ccccc1. The first-order chi connectivity index (χ1) is 5.84. The lowest BCUT2D eigenvalue weighted by Crippen LogP contribution is -1.91. The van der Waals surface area contributed by atoms with Gasteiger partial charge in [-0.1, -0.05) is 30.3 Å². The van der Waals surface area contributed by atoms with E-state index in [0.29, 0.717) is 0 Å². The summed E-state index contributed by atoms with van der Waals surface area (Å²) in [5.41, 5.74) is 0.795. The van der Waals surface area contributed by atoms with Gasteiger partial charge < -0.3 is 5.11 Å². The lowest BCUT2D eigenvalue weighted by Gasteiger charge is -2.03. The predicted molar refractivity (Wildman–Crippen MR) is 46.2 cm³/mol. The van der Waals surface area contributed by atoms with E-state index in [2.05, 4.69) is 0 Å². The molecule has 2 nitrogen and oxygen atoms in total. The Labute approximate surface area is 71.4 Å². The van der Waals surface area contributed by atoms with Crippen LogP contribution in [0.2, 0.25) is 0 Å². The minimum absolute atomic E-state index is 0.675. The van der Waals surface area contributed by atoms with Crippen molar-refractivity contribution < 1.29 is 5.11 Å². The highest BCUT2D eigenvalue weighted by molar-refractivity contribution is 5.22. The first-order valence-corrected chi connectivity index (χ1v) is 3.64. The topological polar surface area (TPSA) is 44.0 Å². The molecule has 0 amide bonds. The minimum atomic E-state index is -0.675. The van der Waals surface area contributed by atoms with Crippen LogP contribution in [0.3, 0.4) is 0 Å². The first-order valence-electron chi connectivity index (χ1n) is 3.64. The number of hydrogen-bond donors (Lipinski definition) is 1. The highest BCUT2D eigenvalue weighted by Crippen LogP contribution is 2.12. The Morgan fingerprint density at radius 3 is 2.58 bits per heavy atom. The van der Waals surface area contributed by atoms with E-state index in [-0.39, 0.29) is 0 Å². The number of aliphatic hydroxyl groups is 1. The third kappa shape index (κ3) is 2.22. The molecule has 0 aliphatic heterocycles. The summed E-state index contributed by atoms with van der Waals surface area (Å²) in [5.74, 6) is 0. The molecule has 12 heavy (non-hydrogen) atoms. The van der Waals surface area contributed by atoms with Crippen molar-refractivity contribution >= 4 is 0 Å². The van der Waals surface area contributed by atoms with Gasteiger partial charge in [0.05, 0.1) is 12.2 Å². The second-order valence-corrected chi connectivity index (χ2v) is 2.34. The summed E-state index contributed by atoms with van der Waals surface area (Å²) in [5, 5.41) is 17.6. The van der Waals surface area contributed by atoms with E-state index in [4.69, 9.17) is 5.26 Å². The Morgan fingerprint density at radius 1 is 1.33 bits per heavy atom. The van der Waals surface area contributed by atoms with Crippen LogP contribution in [-0.2, 0) is 0 Å². The molecule has 2 heteroatoms. The number of aliphatic hydroxyl groups excluding tert-OH is 1. The molecular weight excluding hydrogens is 150 g/mol. The molecule has 0 aliphatic rings. The molecular formula is C10H9NO. The van der Waals surface area contributed by atoms with Crippen LogP contribution in [0.25, 0.3) is 0 Å². The fourth-order valence-electron chi connectivity index (χ4n) is 0.896. The Hall–Kier alpha value is -1.59. The van der Waals surface area contributed by atoms with Crippen molar-refractivity contribution in [2.45, 2.75) is 6.10 Å². The lowest BCUT2D eigenvalue weighted by molar-refractivity contribution is 0.228. The van der Waals surface area contributed by atoms with Crippen molar-refractivity contribution in [1.29, 1.82) is 5.26 Å². The van der Waals surface area contributed by atoms with Crippen LogP contribution in [0.4, 0.5) is 0 Å². The number of nitriles is 1. The summed E-state index contributed by atoms with van der Waals surface area (Å²) in [6, 6.07) is 11.0. The van der Waals surface area contributed by atoms with Gasteiger partial charge in [-0.15, -0.1) is 0 Å². The smallest absolute Gasteiger partial charge is 0.0981 e. The second-order valence-electron chi connectivity index (χ2n) is 2.34. The van der Waals surface area contributed by atoms with Gasteiger partial charge in [-0.3, -0.25) is 0 Å². The zero-order valence-electron chi connectivity index (χ0n) is 6.51. The Balaban J connectivity index is 2.73. The van der Waals surface area contributed by atoms with Crippen molar-refractivity contribution in [1.82, 2.24) is 0 Å². The number of hydrogen-bond acceptors (Lipinski definition) is 2. The van der Waals surface area contributed by atoms with Crippen LogP contribution in [0.5, 0.6) is 0 Å². The summed E-state index contributed by atoms with van der Waals surface area (Å²) in [6.07, 6.45) is 2.05. The molecule has 0 fully saturated rings. The fraction of sp³-hybridized carbons (Fsp3) is 0.100. The van der Waals surface area contributed by atoms with Gasteiger partial charge in [0, 0.05) is 6.08 Å². The van der Waals surface area contributed by atoms with Crippen molar-refractivity contribution in [3.63, 3.8) is 0 Å². The fourth-order valence-corrected chi connectivity index (χ4v) is 0.896. The zero-order chi connectivity index (χ0) is 8.81. The van der Waals surface area contributed by atoms with E-state index in [0.717, 1.165) is 5.56 Å². The lowest BCUT2D eigenvalue weighted by atomic mass is 10.1. The van der Waals surface area contributed by atoms with E-state index in [1.165, 1.54) is 12.2 Å². The van der Waals surface area contributed by atoms with Gasteiger partial charge in [-0.05, 0) is 11.6 Å². The summed E-state index contributed by atoms with van der Waals surface area (Å²) in [4.78, 5) is 0. The molecule has 1 aromatic carbocycles. The Bertz CT molecular complexity index is 297. The van der Waals surface area contributed by atoms with E-state index in [9.17, 15) is 5.11 Å². The molecule has 1 atom stereocenters. The largest absolute Gasteiger partial charge is 0.384 e. The molecule has 0 aliphatic carbocycles. The average Bonchev–Trinajstić information content (AvgIpc) is 2.15. The van der Waals surface area contributed by atoms with E-state index < -0.39 is 6.10 Å². The van der Waals surface area contributed by atoms with Crippen LogP contribution in [0.15, 0.2) is 42.5 Å². The number of nitrogens with zero attached hydrogens (tertiary/aromatic N) is 1. The quantitative estimate of drug-likeness (QED) is 0.668. The molecule has 0 unspecified atom stereocenters. The number of allylic oxidation sites excluding steroid dienone is 1. The minimum Gasteiger partial charge on any atom is -0.384 e. The third-order valence-corrected chi connectivity index (χ3v) is 1.49. The molecule has 0 saturated carbocycles. The molecule has 0 spiro atoms. The van der Waals surface area contributed by atoms with Gasteiger partial charge in [-0.25, -0.2) is 0 Å². The predicted octanol–water partition coefficient (Wildman–Crippen LogP) is 1.80. The van der Waals surface area contributed by atoms with Crippen molar-refractivity contribution in [3.05, 3.63) is 48.0 Å². The first kappa shape index (κ1) is 8.51. The maximum absolute atomic E-state index is 9.41. The van der Waals surface area contributed by atoms with Gasteiger partial charge in [-0.2, -0.15) is 5.26 Å². The maximum atomic E-state index is 9.41. The van der Waals surface area contributed by atoms with E-state index >= 15 is 0 Å². The van der Waals surface area contributed by atoms with Crippen LogP contribution < -0.4 is 0 Å². The molecule has 1 N–H and O–H groups in total. The van der Waals surface area contributed by atoms with Gasteiger partial charge >= 0.3 is 0 Å². The highest BCUT2D eigenvalue weighted by atomic mass is 16.3. The number of rotatable bonds is 2. The molecule has 1 aromatic rings. The van der Waals surface area contributed by atoms with Crippen molar-refractivity contribution in [3.8, 4) is 6.07 Å². The number of benzene rings is 1. The zero-order valence-corrected chi connectivity index (χ0v) is 6.51. The van der Waals surface area contributed by atoms with Crippen molar-refractivity contribution in [2.24, 2.45) is 0 Å². The summed E-state index contributed by atoms with van der Waals surface area (Å²) >= 11 is 0. The molecule has 0 saturated heterocycles. The summed E-state index contributed by atoms with van der Waals surface area (Å²) in [6.45, 7) is 0. The van der Waals surface area contributed by atoms with Gasteiger partial charge in [0.15, 0.2) is 0 Å². The van der Waals surface area contributed by atoms with Gasteiger partial charge in [0.2, 0.25) is 0 Å². The molecule has 0 bridgehead atoms.